The lowest BCUT2D eigenvalue weighted by molar-refractivity contribution is -0.137. The van der Waals surface area contributed by atoms with E-state index in [0.717, 1.165) is 0 Å². The van der Waals surface area contributed by atoms with Crippen LogP contribution in [0.4, 0.5) is 4.39 Å². The third kappa shape index (κ3) is 3.29. The normalized spacial score (nSPS) is 10.2. The van der Waals surface area contributed by atoms with Crippen molar-refractivity contribution < 1.29 is 19.1 Å². The number of carboxylic acids is 1. The lowest BCUT2D eigenvalue weighted by Crippen LogP contribution is -2.36. The molecule has 1 amide bonds. The van der Waals surface area contributed by atoms with Crippen molar-refractivity contribution in [3.63, 3.8) is 0 Å². The maximum atomic E-state index is 13.4. The first kappa shape index (κ1) is 14.2. The number of carboxylic acid groups (broad SMARTS) is 1. The van der Waals surface area contributed by atoms with Crippen LogP contribution in [0.5, 0.6) is 0 Å². The number of benzene rings is 1. The first-order valence-electron chi connectivity index (χ1n) is 5.73. The van der Waals surface area contributed by atoms with E-state index in [1.807, 2.05) is 6.92 Å². The lowest BCUT2D eigenvalue weighted by atomic mass is 10.1. The molecular formula is C13H16FNO3. The van der Waals surface area contributed by atoms with Crippen LogP contribution in [-0.2, 0) is 4.79 Å². The van der Waals surface area contributed by atoms with Crippen molar-refractivity contribution in [1.82, 2.24) is 4.90 Å². The third-order valence-corrected chi connectivity index (χ3v) is 2.60. The van der Waals surface area contributed by atoms with Gasteiger partial charge in [0, 0.05) is 12.1 Å². The van der Waals surface area contributed by atoms with E-state index in [0.29, 0.717) is 13.0 Å². The summed E-state index contributed by atoms with van der Waals surface area (Å²) in [7, 11) is 0. The molecule has 1 aromatic carbocycles. The SMILES string of the molecule is CCCN(CC(=O)O)C(=O)c1cccc(F)c1C. The van der Waals surface area contributed by atoms with Crippen LogP contribution < -0.4 is 0 Å². The summed E-state index contributed by atoms with van der Waals surface area (Å²) >= 11 is 0. The zero-order valence-electron chi connectivity index (χ0n) is 10.4. The fourth-order valence-electron chi connectivity index (χ4n) is 1.70. The number of rotatable bonds is 5. The summed E-state index contributed by atoms with van der Waals surface area (Å²) in [5, 5.41) is 8.76. The minimum Gasteiger partial charge on any atom is -0.480 e. The highest BCUT2D eigenvalue weighted by Gasteiger charge is 2.20. The molecule has 0 radical (unpaired) electrons. The summed E-state index contributed by atoms with van der Waals surface area (Å²) in [6.07, 6.45) is 0.646. The fraction of sp³-hybridized carbons (Fsp3) is 0.385. The van der Waals surface area contributed by atoms with Crippen LogP contribution in [-0.4, -0.2) is 35.0 Å². The molecule has 0 aliphatic carbocycles. The molecule has 0 heterocycles. The number of hydrogen-bond acceptors (Lipinski definition) is 2. The van der Waals surface area contributed by atoms with Crippen LogP contribution in [0.1, 0.15) is 29.3 Å². The maximum Gasteiger partial charge on any atom is 0.323 e. The van der Waals surface area contributed by atoms with Gasteiger partial charge in [0.25, 0.3) is 5.91 Å². The van der Waals surface area contributed by atoms with Crippen LogP contribution in [0.25, 0.3) is 0 Å². The molecule has 0 fully saturated rings. The summed E-state index contributed by atoms with van der Waals surface area (Å²) in [6.45, 7) is 3.32. The number of halogens is 1. The third-order valence-electron chi connectivity index (χ3n) is 2.60. The van der Waals surface area contributed by atoms with Gasteiger partial charge in [0.05, 0.1) is 0 Å². The molecule has 4 nitrogen and oxygen atoms in total. The van der Waals surface area contributed by atoms with E-state index in [2.05, 4.69) is 0 Å². The van der Waals surface area contributed by atoms with Gasteiger partial charge in [-0.2, -0.15) is 0 Å². The van der Waals surface area contributed by atoms with Gasteiger partial charge in [0.2, 0.25) is 0 Å². The Bertz CT molecular complexity index is 460. The standard InChI is InChI=1S/C13H16FNO3/c1-3-7-15(8-12(16)17)13(18)10-5-4-6-11(14)9(10)2/h4-6H,3,7-8H2,1-2H3,(H,16,17). The number of aliphatic carboxylic acids is 1. The van der Waals surface area contributed by atoms with E-state index in [9.17, 15) is 14.0 Å². The predicted molar refractivity (Wildman–Crippen MR) is 65.0 cm³/mol. The van der Waals surface area contributed by atoms with Crippen LogP contribution >= 0.6 is 0 Å². The van der Waals surface area contributed by atoms with Gasteiger partial charge < -0.3 is 10.0 Å². The van der Waals surface area contributed by atoms with E-state index >= 15 is 0 Å². The van der Waals surface area contributed by atoms with E-state index < -0.39 is 17.7 Å². The summed E-state index contributed by atoms with van der Waals surface area (Å²) in [4.78, 5) is 24.1. The summed E-state index contributed by atoms with van der Waals surface area (Å²) < 4.78 is 13.4. The Hall–Kier alpha value is -1.91. The molecule has 0 aromatic heterocycles. The Kier molecular flexibility index (Phi) is 4.83. The first-order valence-corrected chi connectivity index (χ1v) is 5.73. The molecule has 0 unspecified atom stereocenters. The van der Waals surface area contributed by atoms with Crippen molar-refractivity contribution in [2.45, 2.75) is 20.3 Å². The molecule has 0 saturated carbocycles. The molecule has 5 heteroatoms. The Morgan fingerprint density at radius 1 is 1.39 bits per heavy atom. The topological polar surface area (TPSA) is 57.6 Å². The van der Waals surface area contributed by atoms with E-state index in [4.69, 9.17) is 5.11 Å². The number of hydrogen-bond donors (Lipinski definition) is 1. The highest BCUT2D eigenvalue weighted by molar-refractivity contribution is 5.97. The van der Waals surface area contributed by atoms with E-state index in [-0.39, 0.29) is 17.7 Å². The van der Waals surface area contributed by atoms with Gasteiger partial charge in [0.1, 0.15) is 12.4 Å². The number of carbonyl (C=O) groups excluding carboxylic acids is 1. The summed E-state index contributed by atoms with van der Waals surface area (Å²) in [6, 6.07) is 4.22. The molecule has 0 aliphatic rings. The average Bonchev–Trinajstić information content (AvgIpc) is 2.31. The largest absolute Gasteiger partial charge is 0.480 e. The fourth-order valence-corrected chi connectivity index (χ4v) is 1.70. The average molecular weight is 253 g/mol. The zero-order valence-corrected chi connectivity index (χ0v) is 10.4. The van der Waals surface area contributed by atoms with Gasteiger partial charge in [-0.05, 0) is 31.0 Å². The Morgan fingerprint density at radius 2 is 2.06 bits per heavy atom. The van der Waals surface area contributed by atoms with E-state index in [1.54, 1.807) is 0 Å². The highest BCUT2D eigenvalue weighted by atomic mass is 19.1. The van der Waals surface area contributed by atoms with Crippen LogP contribution in [0.3, 0.4) is 0 Å². The quantitative estimate of drug-likeness (QED) is 0.874. The molecule has 0 spiro atoms. The van der Waals surface area contributed by atoms with Crippen LogP contribution in [0.2, 0.25) is 0 Å². The van der Waals surface area contributed by atoms with Gasteiger partial charge in [-0.25, -0.2) is 4.39 Å². The van der Waals surface area contributed by atoms with Gasteiger partial charge in [-0.1, -0.05) is 13.0 Å². The second-order valence-electron chi connectivity index (χ2n) is 4.03. The first-order chi connectivity index (χ1) is 8.47. The van der Waals surface area contributed by atoms with Crippen molar-refractivity contribution >= 4 is 11.9 Å². The van der Waals surface area contributed by atoms with E-state index in [1.165, 1.54) is 30.0 Å². The van der Waals surface area contributed by atoms with Crippen LogP contribution in [0, 0.1) is 12.7 Å². The smallest absolute Gasteiger partial charge is 0.323 e. The maximum absolute atomic E-state index is 13.4. The van der Waals surface area contributed by atoms with Gasteiger partial charge in [0.15, 0.2) is 0 Å². The number of carbonyl (C=O) groups is 2. The van der Waals surface area contributed by atoms with Crippen molar-refractivity contribution in [2.24, 2.45) is 0 Å². The Morgan fingerprint density at radius 3 is 2.61 bits per heavy atom. The predicted octanol–water partition coefficient (Wildman–Crippen LogP) is 2.07. The molecule has 0 bridgehead atoms. The highest BCUT2D eigenvalue weighted by Crippen LogP contribution is 2.14. The summed E-state index contributed by atoms with van der Waals surface area (Å²) in [5.74, 6) is -1.99. The molecule has 0 saturated heterocycles. The minimum absolute atomic E-state index is 0.213. The minimum atomic E-state index is -1.08. The zero-order chi connectivity index (χ0) is 13.7. The molecule has 18 heavy (non-hydrogen) atoms. The van der Waals surface area contributed by atoms with Gasteiger partial charge in [-0.15, -0.1) is 0 Å². The van der Waals surface area contributed by atoms with Crippen molar-refractivity contribution in [3.8, 4) is 0 Å². The second-order valence-corrected chi connectivity index (χ2v) is 4.03. The molecule has 1 N–H and O–H groups in total. The second kappa shape index (κ2) is 6.14. The van der Waals surface area contributed by atoms with Crippen molar-refractivity contribution in [3.05, 3.63) is 35.1 Å². The Balaban J connectivity index is 3.01. The Labute approximate surface area is 105 Å². The monoisotopic (exact) mass is 253 g/mol. The summed E-state index contributed by atoms with van der Waals surface area (Å²) in [5.41, 5.74) is 0.457. The molecular weight excluding hydrogens is 237 g/mol. The molecule has 0 aliphatic heterocycles. The molecule has 0 atom stereocenters. The molecule has 1 rings (SSSR count). The van der Waals surface area contributed by atoms with Gasteiger partial charge in [-0.3, -0.25) is 9.59 Å². The number of amides is 1. The molecule has 1 aromatic rings. The lowest BCUT2D eigenvalue weighted by Gasteiger charge is -2.21. The van der Waals surface area contributed by atoms with Crippen LogP contribution in [0.15, 0.2) is 18.2 Å². The molecule has 98 valence electrons. The number of nitrogens with zero attached hydrogens (tertiary/aromatic N) is 1. The van der Waals surface area contributed by atoms with Gasteiger partial charge >= 0.3 is 5.97 Å². The van der Waals surface area contributed by atoms with Crippen molar-refractivity contribution in [1.29, 1.82) is 0 Å². The van der Waals surface area contributed by atoms with Crippen molar-refractivity contribution in [2.75, 3.05) is 13.1 Å².